The zero-order valence-corrected chi connectivity index (χ0v) is 11.0. The number of amides is 1. The lowest BCUT2D eigenvalue weighted by Crippen LogP contribution is -2.37. The van der Waals surface area contributed by atoms with Crippen LogP contribution in [0, 0.1) is 0 Å². The van der Waals surface area contributed by atoms with E-state index in [1.54, 1.807) is 0 Å². The minimum atomic E-state index is -3.78. The number of nitrogens with two attached hydrogens (primary N) is 1. The minimum Gasteiger partial charge on any atom is -0.506 e. The van der Waals surface area contributed by atoms with Crippen molar-refractivity contribution in [3.8, 4) is 5.75 Å². The highest BCUT2D eigenvalue weighted by Crippen LogP contribution is 2.25. The zero-order chi connectivity index (χ0) is 14.0. The summed E-state index contributed by atoms with van der Waals surface area (Å²) in [5, 5.41) is 11.9. The third-order valence-corrected chi connectivity index (χ3v) is 4.70. The van der Waals surface area contributed by atoms with Crippen molar-refractivity contribution in [2.45, 2.75) is 11.3 Å². The molecule has 0 aliphatic carbocycles. The van der Waals surface area contributed by atoms with Gasteiger partial charge in [0.15, 0.2) is 0 Å². The largest absolute Gasteiger partial charge is 0.506 e. The Morgan fingerprint density at radius 3 is 2.79 bits per heavy atom. The second-order valence-corrected chi connectivity index (χ2v) is 6.20. The summed E-state index contributed by atoms with van der Waals surface area (Å²) in [5.74, 6) is -0.500. The molecule has 1 aliphatic rings. The summed E-state index contributed by atoms with van der Waals surface area (Å²) in [6.07, 6.45) is 0.554. The molecule has 2 rings (SSSR count). The molecule has 8 heteroatoms. The Morgan fingerprint density at radius 1 is 1.37 bits per heavy atom. The summed E-state index contributed by atoms with van der Waals surface area (Å²) in [7, 11) is -3.78. The molecule has 0 aromatic heterocycles. The number of phenolic OH excluding ortho intramolecular Hbond substituents is 1. The molecule has 1 amide bonds. The molecule has 4 N–H and O–H groups in total. The fourth-order valence-electron chi connectivity index (χ4n) is 1.83. The minimum absolute atomic E-state index is 0.0136. The van der Waals surface area contributed by atoms with Gasteiger partial charge < -0.3 is 16.2 Å². The number of sulfonamides is 1. The number of carbonyl (C=O) groups excluding carboxylic acids is 1. The van der Waals surface area contributed by atoms with Crippen molar-refractivity contribution in [2.24, 2.45) is 0 Å². The summed E-state index contributed by atoms with van der Waals surface area (Å²) in [6.45, 7) is 0.521. The number of nitrogens with one attached hydrogen (secondary N) is 1. The number of benzene rings is 1. The van der Waals surface area contributed by atoms with Crippen LogP contribution in [-0.2, 0) is 14.8 Å². The van der Waals surface area contributed by atoms with Crippen LogP contribution in [0.5, 0.6) is 5.75 Å². The Bertz CT molecular complexity index is 600. The number of nitrogens with zero attached hydrogens (tertiary/aromatic N) is 1. The molecule has 1 fully saturated rings. The Hall–Kier alpha value is -1.80. The summed E-state index contributed by atoms with van der Waals surface area (Å²) >= 11 is 0. The first-order chi connectivity index (χ1) is 8.91. The lowest BCUT2D eigenvalue weighted by molar-refractivity contribution is -0.120. The SMILES string of the molecule is Nc1cc(S(=O)(=O)N2CCCNC(=O)C2)ccc1O. The van der Waals surface area contributed by atoms with Crippen LogP contribution in [0.1, 0.15) is 6.42 Å². The molecule has 0 saturated carbocycles. The Labute approximate surface area is 111 Å². The molecule has 1 aromatic carbocycles. The second-order valence-electron chi connectivity index (χ2n) is 4.26. The molecule has 0 spiro atoms. The molecule has 1 aromatic rings. The molecule has 0 radical (unpaired) electrons. The molecule has 1 saturated heterocycles. The smallest absolute Gasteiger partial charge is 0.243 e. The van der Waals surface area contributed by atoms with Crippen molar-refractivity contribution in [3.05, 3.63) is 18.2 Å². The molecule has 0 unspecified atom stereocenters. The number of anilines is 1. The van der Waals surface area contributed by atoms with Gasteiger partial charge in [0.2, 0.25) is 15.9 Å². The first kappa shape index (κ1) is 13.6. The normalized spacial score (nSPS) is 17.8. The second kappa shape index (κ2) is 5.06. The highest BCUT2D eigenvalue weighted by atomic mass is 32.2. The number of hydrogen-bond acceptors (Lipinski definition) is 5. The van der Waals surface area contributed by atoms with E-state index in [1.165, 1.54) is 18.2 Å². The van der Waals surface area contributed by atoms with Crippen LogP contribution in [-0.4, -0.2) is 43.4 Å². The van der Waals surface area contributed by atoms with Gasteiger partial charge in [0.25, 0.3) is 0 Å². The molecular weight excluding hydrogens is 270 g/mol. The molecule has 7 nitrogen and oxygen atoms in total. The van der Waals surface area contributed by atoms with E-state index in [0.29, 0.717) is 13.0 Å². The van der Waals surface area contributed by atoms with Crippen LogP contribution in [0.25, 0.3) is 0 Å². The maximum Gasteiger partial charge on any atom is 0.243 e. The van der Waals surface area contributed by atoms with Crippen LogP contribution in [0.4, 0.5) is 5.69 Å². The van der Waals surface area contributed by atoms with Crippen molar-refractivity contribution in [2.75, 3.05) is 25.4 Å². The molecule has 19 heavy (non-hydrogen) atoms. The number of hydrogen-bond donors (Lipinski definition) is 3. The van der Waals surface area contributed by atoms with Crippen LogP contribution < -0.4 is 11.1 Å². The van der Waals surface area contributed by atoms with E-state index in [0.717, 1.165) is 4.31 Å². The molecular formula is C11H15N3O4S. The van der Waals surface area contributed by atoms with Gasteiger partial charge in [-0.2, -0.15) is 4.31 Å². The maximum atomic E-state index is 12.4. The van der Waals surface area contributed by atoms with Crippen molar-refractivity contribution in [3.63, 3.8) is 0 Å². The summed E-state index contributed by atoms with van der Waals surface area (Å²) in [4.78, 5) is 11.4. The molecule has 0 atom stereocenters. The average molecular weight is 285 g/mol. The predicted octanol–water partition coefficient (Wildman–Crippen LogP) is -0.515. The third-order valence-electron chi connectivity index (χ3n) is 2.86. The van der Waals surface area contributed by atoms with Gasteiger partial charge in [0, 0.05) is 13.1 Å². The molecule has 1 aliphatic heterocycles. The lowest BCUT2D eigenvalue weighted by Gasteiger charge is -2.19. The first-order valence-electron chi connectivity index (χ1n) is 5.76. The number of rotatable bonds is 2. The van der Waals surface area contributed by atoms with E-state index in [-0.39, 0.29) is 35.3 Å². The zero-order valence-electron chi connectivity index (χ0n) is 10.2. The van der Waals surface area contributed by atoms with Crippen LogP contribution >= 0.6 is 0 Å². The standard InChI is InChI=1S/C11H15N3O4S/c12-9-6-8(2-3-10(9)15)19(17,18)14-5-1-4-13-11(16)7-14/h2-3,6,15H,1,4-5,7,12H2,(H,13,16). The van der Waals surface area contributed by atoms with Crippen LogP contribution in [0.3, 0.4) is 0 Å². The van der Waals surface area contributed by atoms with Gasteiger partial charge >= 0.3 is 0 Å². The topological polar surface area (TPSA) is 113 Å². The quantitative estimate of drug-likeness (QED) is 0.500. The highest BCUT2D eigenvalue weighted by Gasteiger charge is 2.28. The Kier molecular flexibility index (Phi) is 3.63. The average Bonchev–Trinajstić information content (AvgIpc) is 2.57. The van der Waals surface area contributed by atoms with Gasteiger partial charge in [-0.1, -0.05) is 0 Å². The van der Waals surface area contributed by atoms with Gasteiger partial charge in [0.05, 0.1) is 17.1 Å². The van der Waals surface area contributed by atoms with Crippen molar-refractivity contribution in [1.82, 2.24) is 9.62 Å². The predicted molar refractivity (Wildman–Crippen MR) is 68.9 cm³/mol. The Balaban J connectivity index is 2.35. The van der Waals surface area contributed by atoms with Crippen molar-refractivity contribution >= 4 is 21.6 Å². The van der Waals surface area contributed by atoms with E-state index in [9.17, 15) is 18.3 Å². The molecule has 1 heterocycles. The monoisotopic (exact) mass is 285 g/mol. The number of aromatic hydroxyl groups is 1. The van der Waals surface area contributed by atoms with E-state index in [2.05, 4.69) is 5.32 Å². The first-order valence-corrected chi connectivity index (χ1v) is 7.20. The van der Waals surface area contributed by atoms with Gasteiger partial charge in [-0.25, -0.2) is 8.42 Å². The van der Waals surface area contributed by atoms with E-state index in [4.69, 9.17) is 5.73 Å². The summed E-state index contributed by atoms with van der Waals surface area (Å²) in [5.41, 5.74) is 5.48. The van der Waals surface area contributed by atoms with Gasteiger partial charge in [-0.15, -0.1) is 0 Å². The van der Waals surface area contributed by atoms with Crippen molar-refractivity contribution < 1.29 is 18.3 Å². The van der Waals surface area contributed by atoms with Crippen LogP contribution in [0.15, 0.2) is 23.1 Å². The number of nitrogen functional groups attached to an aromatic ring is 1. The maximum absolute atomic E-state index is 12.4. The van der Waals surface area contributed by atoms with Gasteiger partial charge in [-0.3, -0.25) is 4.79 Å². The van der Waals surface area contributed by atoms with Gasteiger partial charge in [-0.05, 0) is 24.6 Å². The van der Waals surface area contributed by atoms with Crippen molar-refractivity contribution in [1.29, 1.82) is 0 Å². The number of carbonyl (C=O) groups is 1. The summed E-state index contributed by atoms with van der Waals surface area (Å²) in [6, 6.07) is 3.68. The van der Waals surface area contributed by atoms with E-state index >= 15 is 0 Å². The number of phenols is 1. The molecule has 104 valence electrons. The van der Waals surface area contributed by atoms with Crippen LogP contribution in [0.2, 0.25) is 0 Å². The Morgan fingerprint density at radius 2 is 2.11 bits per heavy atom. The molecule has 0 bridgehead atoms. The third kappa shape index (κ3) is 2.79. The van der Waals surface area contributed by atoms with E-state index in [1.807, 2.05) is 0 Å². The highest BCUT2D eigenvalue weighted by molar-refractivity contribution is 7.89. The van der Waals surface area contributed by atoms with Gasteiger partial charge in [0.1, 0.15) is 5.75 Å². The fourth-order valence-corrected chi connectivity index (χ4v) is 3.30. The fraction of sp³-hybridized carbons (Fsp3) is 0.364. The summed E-state index contributed by atoms with van der Waals surface area (Å²) < 4.78 is 25.8. The van der Waals surface area contributed by atoms with E-state index < -0.39 is 10.0 Å². The lowest BCUT2D eigenvalue weighted by atomic mass is 10.3.